The van der Waals surface area contributed by atoms with E-state index in [1.54, 1.807) is 39.0 Å². The molecule has 2 aromatic heterocycles. The molecule has 0 bridgehead atoms. The van der Waals surface area contributed by atoms with Crippen LogP contribution in [0.2, 0.25) is 0 Å². The Bertz CT molecular complexity index is 1300. The van der Waals surface area contributed by atoms with Gasteiger partial charge in [-0.1, -0.05) is 5.21 Å². The van der Waals surface area contributed by atoms with Crippen LogP contribution in [0.1, 0.15) is 48.0 Å². The Morgan fingerprint density at radius 1 is 1.08 bits per heavy atom. The number of alkyl carbamates (subject to hydrolysis) is 1. The molecule has 1 aromatic carbocycles. The first kappa shape index (κ1) is 27.0. The van der Waals surface area contributed by atoms with Crippen LogP contribution in [-0.2, 0) is 19.0 Å². The Hall–Kier alpha value is -4.55. The normalized spacial score (nSPS) is 11.0. The van der Waals surface area contributed by atoms with Crippen molar-refractivity contribution in [2.75, 3.05) is 26.8 Å². The number of pyridine rings is 1. The minimum absolute atomic E-state index is 0.0116. The maximum atomic E-state index is 12.6. The zero-order valence-corrected chi connectivity index (χ0v) is 20.9. The molecule has 0 atom stereocenters. The van der Waals surface area contributed by atoms with Gasteiger partial charge in [-0.15, -0.1) is 5.10 Å². The van der Waals surface area contributed by atoms with Gasteiger partial charge in [0.2, 0.25) is 0 Å². The van der Waals surface area contributed by atoms with E-state index in [0.29, 0.717) is 28.6 Å². The van der Waals surface area contributed by atoms with Gasteiger partial charge >= 0.3 is 18.0 Å². The summed E-state index contributed by atoms with van der Waals surface area (Å²) >= 11 is 0. The number of aromatic nitrogens is 4. The van der Waals surface area contributed by atoms with E-state index >= 15 is 0 Å². The number of nitrogens with zero attached hydrogens (tertiary/aromatic N) is 4. The van der Waals surface area contributed by atoms with Crippen molar-refractivity contribution in [1.82, 2.24) is 30.6 Å². The van der Waals surface area contributed by atoms with Gasteiger partial charge in [0.05, 0.1) is 36.7 Å². The van der Waals surface area contributed by atoms with Gasteiger partial charge < -0.3 is 24.8 Å². The van der Waals surface area contributed by atoms with Crippen molar-refractivity contribution in [3.05, 3.63) is 47.9 Å². The highest BCUT2D eigenvalue weighted by molar-refractivity contribution is 6.07. The summed E-state index contributed by atoms with van der Waals surface area (Å²) in [6.45, 7) is 5.35. The molecule has 3 aromatic rings. The minimum Gasteiger partial charge on any atom is -0.468 e. The zero-order chi connectivity index (χ0) is 27.0. The molecule has 196 valence electrons. The first-order valence-corrected chi connectivity index (χ1v) is 11.4. The predicted octanol–water partition coefficient (Wildman–Crippen LogP) is 1.79. The lowest BCUT2D eigenvalue weighted by Gasteiger charge is -2.19. The summed E-state index contributed by atoms with van der Waals surface area (Å²) in [5.41, 5.74) is 0.769. The second-order valence-corrected chi connectivity index (χ2v) is 8.79. The summed E-state index contributed by atoms with van der Waals surface area (Å²) in [6.07, 6.45) is 2.73. The number of fused-ring (bicyclic) bond motifs is 1. The van der Waals surface area contributed by atoms with E-state index in [0.717, 1.165) is 0 Å². The van der Waals surface area contributed by atoms with Gasteiger partial charge in [-0.3, -0.25) is 14.6 Å². The molecule has 0 aliphatic heterocycles. The van der Waals surface area contributed by atoms with Gasteiger partial charge in [0.15, 0.2) is 5.69 Å². The highest BCUT2D eigenvalue weighted by Crippen LogP contribution is 2.20. The quantitative estimate of drug-likeness (QED) is 0.245. The fraction of sp³-hybridized carbons (Fsp3) is 0.375. The Morgan fingerprint density at radius 3 is 2.59 bits per heavy atom. The lowest BCUT2D eigenvalue weighted by molar-refractivity contribution is -0.139. The highest BCUT2D eigenvalue weighted by Gasteiger charge is 2.17. The maximum Gasteiger partial charge on any atom is 0.407 e. The van der Waals surface area contributed by atoms with E-state index in [1.807, 2.05) is 0 Å². The molecule has 37 heavy (non-hydrogen) atoms. The van der Waals surface area contributed by atoms with Crippen molar-refractivity contribution in [1.29, 1.82) is 0 Å². The van der Waals surface area contributed by atoms with Gasteiger partial charge in [-0.05, 0) is 51.5 Å². The van der Waals surface area contributed by atoms with Gasteiger partial charge in [-0.25, -0.2) is 14.3 Å². The second kappa shape index (κ2) is 11.9. The lowest BCUT2D eigenvalue weighted by atomic mass is 10.1. The number of amides is 2. The summed E-state index contributed by atoms with van der Waals surface area (Å²) < 4.78 is 16.2. The molecule has 2 N–H and O–H groups in total. The van der Waals surface area contributed by atoms with Crippen LogP contribution in [0.15, 0.2) is 36.7 Å². The van der Waals surface area contributed by atoms with Crippen LogP contribution in [-0.4, -0.2) is 76.3 Å². The van der Waals surface area contributed by atoms with E-state index in [9.17, 15) is 19.2 Å². The SMILES string of the molecule is COC(=O)CNC(=O)c1ccnc2ccc(-n3cc(C(=O)OCCCNC(=O)OC(C)(C)C)nn3)cc12. The fourth-order valence-corrected chi connectivity index (χ4v) is 3.09. The largest absolute Gasteiger partial charge is 0.468 e. The van der Waals surface area contributed by atoms with E-state index in [1.165, 1.54) is 30.3 Å². The van der Waals surface area contributed by atoms with Gasteiger partial charge in [0.25, 0.3) is 5.91 Å². The number of benzene rings is 1. The van der Waals surface area contributed by atoms with Gasteiger partial charge in [-0.2, -0.15) is 0 Å². The number of esters is 2. The number of carbonyl (C=O) groups is 4. The summed E-state index contributed by atoms with van der Waals surface area (Å²) in [4.78, 5) is 52.2. The van der Waals surface area contributed by atoms with E-state index in [2.05, 4.69) is 30.7 Å². The monoisotopic (exact) mass is 512 g/mol. The molecule has 0 aliphatic carbocycles. The molecule has 2 amide bonds. The van der Waals surface area contributed by atoms with Crippen LogP contribution in [0.25, 0.3) is 16.6 Å². The van der Waals surface area contributed by atoms with Crippen LogP contribution in [0.4, 0.5) is 4.79 Å². The van der Waals surface area contributed by atoms with Crippen LogP contribution in [0.3, 0.4) is 0 Å². The third-order valence-corrected chi connectivity index (χ3v) is 4.78. The van der Waals surface area contributed by atoms with Crippen molar-refractivity contribution in [2.24, 2.45) is 0 Å². The number of hydrogen-bond acceptors (Lipinski definition) is 10. The Morgan fingerprint density at radius 2 is 1.86 bits per heavy atom. The van der Waals surface area contributed by atoms with Crippen LogP contribution >= 0.6 is 0 Å². The molecule has 0 radical (unpaired) electrons. The molecular weight excluding hydrogens is 484 g/mol. The second-order valence-electron chi connectivity index (χ2n) is 8.79. The van der Waals surface area contributed by atoms with Crippen molar-refractivity contribution in [3.8, 4) is 5.69 Å². The van der Waals surface area contributed by atoms with E-state index < -0.39 is 29.5 Å². The van der Waals surface area contributed by atoms with Crippen molar-refractivity contribution in [2.45, 2.75) is 32.8 Å². The van der Waals surface area contributed by atoms with Gasteiger partial charge in [0.1, 0.15) is 12.1 Å². The predicted molar refractivity (Wildman–Crippen MR) is 130 cm³/mol. The summed E-state index contributed by atoms with van der Waals surface area (Å²) in [6, 6.07) is 6.60. The maximum absolute atomic E-state index is 12.6. The first-order valence-electron chi connectivity index (χ1n) is 11.4. The summed E-state index contributed by atoms with van der Waals surface area (Å²) in [5, 5.41) is 13.4. The van der Waals surface area contributed by atoms with Crippen molar-refractivity contribution in [3.63, 3.8) is 0 Å². The van der Waals surface area contributed by atoms with Gasteiger partial charge in [0, 0.05) is 18.1 Å². The third-order valence-electron chi connectivity index (χ3n) is 4.78. The lowest BCUT2D eigenvalue weighted by Crippen LogP contribution is -2.33. The first-order chi connectivity index (χ1) is 17.6. The van der Waals surface area contributed by atoms with E-state index in [-0.39, 0.29) is 25.4 Å². The average Bonchev–Trinajstić information content (AvgIpc) is 3.35. The minimum atomic E-state index is -0.672. The molecule has 0 aliphatic rings. The van der Waals surface area contributed by atoms with Crippen molar-refractivity contribution < 1.29 is 33.4 Å². The highest BCUT2D eigenvalue weighted by atomic mass is 16.6. The zero-order valence-electron chi connectivity index (χ0n) is 20.9. The topological polar surface area (TPSA) is 164 Å². The molecule has 0 spiro atoms. The van der Waals surface area contributed by atoms with Crippen LogP contribution < -0.4 is 10.6 Å². The standard InChI is InChI=1S/C24H28N6O7/c1-24(2,3)37-23(34)26-9-5-11-36-22(33)19-14-30(29-28-19)15-6-7-18-17(12-15)16(8-10-25-18)21(32)27-13-20(31)35-4/h6-8,10,12,14H,5,9,11,13H2,1-4H3,(H,26,34)(H,27,32). The molecule has 13 nitrogen and oxygen atoms in total. The molecule has 3 rings (SSSR count). The number of rotatable bonds is 9. The summed E-state index contributed by atoms with van der Waals surface area (Å²) in [5.74, 6) is -1.72. The molecule has 0 saturated carbocycles. The number of carbonyl (C=O) groups excluding carboxylic acids is 4. The molecule has 13 heteroatoms. The molecule has 2 heterocycles. The Kier molecular flexibility index (Phi) is 8.72. The molecular formula is C24H28N6O7. The number of nitrogens with one attached hydrogen (secondary N) is 2. The molecule has 0 fully saturated rings. The number of hydrogen-bond donors (Lipinski definition) is 2. The Balaban J connectivity index is 1.61. The Labute approximate surface area is 212 Å². The van der Waals surface area contributed by atoms with Crippen LogP contribution in [0.5, 0.6) is 0 Å². The smallest absolute Gasteiger partial charge is 0.407 e. The number of ether oxygens (including phenoxy) is 3. The van der Waals surface area contributed by atoms with Crippen molar-refractivity contribution >= 4 is 34.8 Å². The fourth-order valence-electron chi connectivity index (χ4n) is 3.09. The van der Waals surface area contributed by atoms with E-state index in [4.69, 9.17) is 9.47 Å². The summed E-state index contributed by atoms with van der Waals surface area (Å²) in [7, 11) is 1.23. The molecule has 0 saturated heterocycles. The third kappa shape index (κ3) is 7.72. The average molecular weight is 513 g/mol. The molecule has 0 unspecified atom stereocenters. The number of methoxy groups -OCH3 is 1. The van der Waals surface area contributed by atoms with Crippen LogP contribution in [0, 0.1) is 0 Å².